The van der Waals surface area contributed by atoms with Gasteiger partial charge in [0.15, 0.2) is 0 Å². The minimum atomic E-state index is 0.0893. The predicted octanol–water partition coefficient (Wildman–Crippen LogP) is 4.09. The summed E-state index contributed by atoms with van der Waals surface area (Å²) in [5.41, 5.74) is 1.14. The lowest BCUT2D eigenvalue weighted by Crippen LogP contribution is -2.10. The van der Waals surface area contributed by atoms with Crippen molar-refractivity contribution < 1.29 is 4.74 Å². The standard InChI is InChI=1S/C15H18ClN3O/c1-10(2)20-15-8-14(17-9-18-15)19-11(3)12-4-6-13(16)7-5-12/h4-11H,1-3H3,(H,17,18,19). The molecule has 1 heterocycles. The Bertz CT molecular complexity index is 557. The first kappa shape index (κ1) is 14.6. The fourth-order valence-electron chi connectivity index (χ4n) is 1.78. The van der Waals surface area contributed by atoms with Gasteiger partial charge in [-0.15, -0.1) is 0 Å². The molecule has 0 bridgehead atoms. The summed E-state index contributed by atoms with van der Waals surface area (Å²) in [6.07, 6.45) is 1.58. The van der Waals surface area contributed by atoms with E-state index in [1.165, 1.54) is 6.33 Å². The molecule has 106 valence electrons. The van der Waals surface area contributed by atoms with Crippen LogP contribution in [-0.2, 0) is 0 Å². The predicted molar refractivity (Wildman–Crippen MR) is 81.3 cm³/mol. The van der Waals surface area contributed by atoms with Crippen molar-refractivity contribution in [2.45, 2.75) is 32.9 Å². The van der Waals surface area contributed by atoms with Gasteiger partial charge in [-0.05, 0) is 38.5 Å². The number of ether oxygens (including phenoxy) is 1. The maximum Gasteiger partial charge on any atom is 0.218 e. The van der Waals surface area contributed by atoms with E-state index < -0.39 is 0 Å². The van der Waals surface area contributed by atoms with Crippen LogP contribution in [-0.4, -0.2) is 16.1 Å². The van der Waals surface area contributed by atoms with Gasteiger partial charge in [-0.25, -0.2) is 9.97 Å². The van der Waals surface area contributed by atoms with Gasteiger partial charge in [0, 0.05) is 17.1 Å². The van der Waals surface area contributed by atoms with Crippen LogP contribution in [0.5, 0.6) is 5.88 Å². The molecule has 0 aliphatic heterocycles. The van der Waals surface area contributed by atoms with Crippen molar-refractivity contribution in [2.24, 2.45) is 0 Å². The monoisotopic (exact) mass is 291 g/mol. The van der Waals surface area contributed by atoms with Crippen LogP contribution in [0.2, 0.25) is 5.02 Å². The second-order valence-corrected chi connectivity index (χ2v) is 5.26. The molecule has 1 N–H and O–H groups in total. The molecule has 0 radical (unpaired) electrons. The number of nitrogens with one attached hydrogen (secondary N) is 1. The summed E-state index contributed by atoms with van der Waals surface area (Å²) in [6, 6.07) is 9.66. The Labute approximate surface area is 124 Å². The molecule has 0 fully saturated rings. The zero-order valence-corrected chi connectivity index (χ0v) is 12.6. The van der Waals surface area contributed by atoms with Crippen LogP contribution in [0.25, 0.3) is 0 Å². The van der Waals surface area contributed by atoms with E-state index in [-0.39, 0.29) is 12.1 Å². The molecule has 0 aliphatic rings. The Morgan fingerprint density at radius 2 is 1.80 bits per heavy atom. The van der Waals surface area contributed by atoms with Crippen LogP contribution >= 0.6 is 11.6 Å². The lowest BCUT2D eigenvalue weighted by molar-refractivity contribution is 0.232. The van der Waals surface area contributed by atoms with Crippen LogP contribution in [0.1, 0.15) is 32.4 Å². The van der Waals surface area contributed by atoms with Gasteiger partial charge in [-0.2, -0.15) is 0 Å². The number of halogens is 1. The number of hydrogen-bond donors (Lipinski definition) is 1. The van der Waals surface area contributed by atoms with Crippen molar-refractivity contribution in [3.05, 3.63) is 47.2 Å². The molecule has 1 aromatic heterocycles. The normalized spacial score (nSPS) is 12.2. The third-order valence-corrected chi connectivity index (χ3v) is 2.98. The summed E-state index contributed by atoms with van der Waals surface area (Å²) in [4.78, 5) is 8.28. The highest BCUT2D eigenvalue weighted by Gasteiger charge is 2.08. The maximum atomic E-state index is 5.89. The summed E-state index contributed by atoms with van der Waals surface area (Å²) < 4.78 is 5.55. The molecule has 1 unspecified atom stereocenters. The largest absolute Gasteiger partial charge is 0.475 e. The Morgan fingerprint density at radius 1 is 1.10 bits per heavy atom. The van der Waals surface area contributed by atoms with Crippen LogP contribution in [0.4, 0.5) is 5.82 Å². The SMILES string of the molecule is CC(C)Oc1cc(NC(C)c2ccc(Cl)cc2)ncn1. The van der Waals surface area contributed by atoms with Gasteiger partial charge < -0.3 is 10.1 Å². The quantitative estimate of drug-likeness (QED) is 0.901. The second-order valence-electron chi connectivity index (χ2n) is 4.83. The fourth-order valence-corrected chi connectivity index (χ4v) is 1.91. The van der Waals surface area contributed by atoms with Crippen molar-refractivity contribution in [3.63, 3.8) is 0 Å². The first-order valence-electron chi connectivity index (χ1n) is 6.55. The summed E-state index contributed by atoms with van der Waals surface area (Å²) >= 11 is 5.89. The highest BCUT2D eigenvalue weighted by Crippen LogP contribution is 2.21. The summed E-state index contributed by atoms with van der Waals surface area (Å²) in [5.74, 6) is 1.30. The van der Waals surface area contributed by atoms with Gasteiger partial charge in [-0.1, -0.05) is 23.7 Å². The molecule has 5 heteroatoms. The van der Waals surface area contributed by atoms with Gasteiger partial charge in [0.25, 0.3) is 0 Å². The molecule has 1 atom stereocenters. The zero-order chi connectivity index (χ0) is 14.5. The molecule has 0 spiro atoms. The maximum absolute atomic E-state index is 5.89. The van der Waals surface area contributed by atoms with E-state index in [4.69, 9.17) is 16.3 Å². The van der Waals surface area contributed by atoms with Crippen molar-refractivity contribution in [2.75, 3.05) is 5.32 Å². The molecule has 0 saturated carbocycles. The number of nitrogens with zero attached hydrogens (tertiary/aromatic N) is 2. The molecule has 1 aromatic carbocycles. The Morgan fingerprint density at radius 3 is 2.45 bits per heavy atom. The zero-order valence-electron chi connectivity index (χ0n) is 11.8. The summed E-state index contributed by atoms with van der Waals surface area (Å²) in [5, 5.41) is 4.05. The number of anilines is 1. The smallest absolute Gasteiger partial charge is 0.218 e. The Hall–Kier alpha value is -1.81. The van der Waals surface area contributed by atoms with Crippen LogP contribution in [0, 0.1) is 0 Å². The van der Waals surface area contributed by atoms with Crippen LogP contribution < -0.4 is 10.1 Å². The van der Waals surface area contributed by atoms with E-state index in [1.807, 2.05) is 38.1 Å². The van der Waals surface area contributed by atoms with E-state index in [9.17, 15) is 0 Å². The lowest BCUT2D eigenvalue weighted by atomic mass is 10.1. The van der Waals surface area contributed by atoms with E-state index >= 15 is 0 Å². The first-order chi connectivity index (χ1) is 9.54. The lowest BCUT2D eigenvalue weighted by Gasteiger charge is -2.16. The molecule has 20 heavy (non-hydrogen) atoms. The number of rotatable bonds is 5. The molecular formula is C15H18ClN3O. The average molecular weight is 292 g/mol. The van der Waals surface area contributed by atoms with E-state index in [2.05, 4.69) is 22.2 Å². The molecule has 4 nitrogen and oxygen atoms in total. The Kier molecular flexibility index (Phi) is 4.79. The first-order valence-corrected chi connectivity index (χ1v) is 6.93. The highest BCUT2D eigenvalue weighted by atomic mass is 35.5. The topological polar surface area (TPSA) is 47.0 Å². The molecule has 0 amide bonds. The molecule has 0 aliphatic carbocycles. The van der Waals surface area contributed by atoms with Crippen LogP contribution in [0.3, 0.4) is 0 Å². The van der Waals surface area contributed by atoms with Crippen molar-refractivity contribution in [3.8, 4) is 5.88 Å². The van der Waals surface area contributed by atoms with Crippen molar-refractivity contribution in [1.82, 2.24) is 9.97 Å². The third-order valence-electron chi connectivity index (χ3n) is 2.73. The van der Waals surface area contributed by atoms with Gasteiger partial charge >= 0.3 is 0 Å². The molecule has 2 aromatic rings. The van der Waals surface area contributed by atoms with Crippen molar-refractivity contribution >= 4 is 17.4 Å². The summed E-state index contributed by atoms with van der Waals surface area (Å²) in [7, 11) is 0. The van der Waals surface area contributed by atoms with Gasteiger partial charge in [0.2, 0.25) is 5.88 Å². The molecule has 0 saturated heterocycles. The average Bonchev–Trinajstić information content (AvgIpc) is 2.39. The summed E-state index contributed by atoms with van der Waals surface area (Å²) in [6.45, 7) is 5.99. The number of hydrogen-bond acceptors (Lipinski definition) is 4. The van der Waals surface area contributed by atoms with E-state index in [0.29, 0.717) is 5.88 Å². The minimum absolute atomic E-state index is 0.0893. The van der Waals surface area contributed by atoms with Gasteiger partial charge in [-0.3, -0.25) is 0 Å². The second kappa shape index (κ2) is 6.57. The molecular weight excluding hydrogens is 274 g/mol. The van der Waals surface area contributed by atoms with Crippen LogP contribution in [0.15, 0.2) is 36.7 Å². The number of benzene rings is 1. The fraction of sp³-hybridized carbons (Fsp3) is 0.333. The van der Waals surface area contributed by atoms with Crippen molar-refractivity contribution in [1.29, 1.82) is 0 Å². The minimum Gasteiger partial charge on any atom is -0.475 e. The van der Waals surface area contributed by atoms with Gasteiger partial charge in [0.1, 0.15) is 12.1 Å². The van der Waals surface area contributed by atoms with E-state index in [1.54, 1.807) is 6.07 Å². The van der Waals surface area contributed by atoms with E-state index in [0.717, 1.165) is 16.4 Å². The molecule has 2 rings (SSSR count). The van der Waals surface area contributed by atoms with Gasteiger partial charge in [0.05, 0.1) is 6.10 Å². The third kappa shape index (κ3) is 4.10. The number of aromatic nitrogens is 2. The highest BCUT2D eigenvalue weighted by molar-refractivity contribution is 6.30. The Balaban J connectivity index is 2.07.